The van der Waals surface area contributed by atoms with Crippen LogP contribution in [0.1, 0.15) is 0 Å². The summed E-state index contributed by atoms with van der Waals surface area (Å²) < 4.78 is 16.2. The molecule has 1 aromatic carbocycles. The number of halogens is 1. The lowest BCUT2D eigenvalue weighted by Gasteiger charge is -2.19. The molecule has 1 aromatic heterocycles. The van der Waals surface area contributed by atoms with E-state index in [-0.39, 0.29) is 0 Å². The Bertz CT molecular complexity index is 505. The molecule has 0 bridgehead atoms. The molecule has 0 atom stereocenters. The van der Waals surface area contributed by atoms with Crippen LogP contribution < -0.4 is 9.47 Å². The third-order valence-corrected chi connectivity index (χ3v) is 2.73. The maximum absolute atomic E-state index is 6.16. The second kappa shape index (κ2) is 3.76. The highest BCUT2D eigenvalue weighted by molar-refractivity contribution is 6.33. The van der Waals surface area contributed by atoms with E-state index >= 15 is 0 Å². The summed E-state index contributed by atoms with van der Waals surface area (Å²) in [7, 11) is 0. The van der Waals surface area contributed by atoms with Gasteiger partial charge in [-0.15, -0.1) is 0 Å². The predicted molar refractivity (Wildman–Crippen MR) is 60.1 cm³/mol. The van der Waals surface area contributed by atoms with E-state index in [4.69, 9.17) is 25.5 Å². The first-order valence-electron chi connectivity index (χ1n) is 4.97. The molecule has 3 nitrogen and oxygen atoms in total. The molecule has 0 saturated heterocycles. The lowest BCUT2D eigenvalue weighted by Crippen LogP contribution is -2.15. The van der Waals surface area contributed by atoms with E-state index in [1.54, 1.807) is 12.3 Å². The van der Waals surface area contributed by atoms with E-state index < -0.39 is 0 Å². The fourth-order valence-electron chi connectivity index (χ4n) is 1.68. The number of rotatable bonds is 1. The van der Waals surface area contributed by atoms with Crippen LogP contribution in [-0.2, 0) is 0 Å². The van der Waals surface area contributed by atoms with Crippen molar-refractivity contribution in [2.24, 2.45) is 0 Å². The lowest BCUT2D eigenvalue weighted by molar-refractivity contribution is 0.171. The van der Waals surface area contributed by atoms with Crippen LogP contribution in [0.2, 0.25) is 5.02 Å². The molecule has 3 rings (SSSR count). The fraction of sp³-hybridized carbons (Fsp3) is 0.167. The first-order chi connectivity index (χ1) is 7.84. The zero-order chi connectivity index (χ0) is 11.0. The molecule has 4 heteroatoms. The normalized spacial score (nSPS) is 13.8. The second-order valence-electron chi connectivity index (χ2n) is 3.45. The van der Waals surface area contributed by atoms with Gasteiger partial charge in [0.25, 0.3) is 0 Å². The van der Waals surface area contributed by atoms with Crippen molar-refractivity contribution in [3.63, 3.8) is 0 Å². The molecule has 0 radical (unpaired) electrons. The summed E-state index contributed by atoms with van der Waals surface area (Å²) in [5, 5.41) is 0.596. The highest BCUT2D eigenvalue weighted by Gasteiger charge is 2.16. The van der Waals surface area contributed by atoms with Crippen molar-refractivity contribution < 1.29 is 13.9 Å². The van der Waals surface area contributed by atoms with Crippen LogP contribution in [0.15, 0.2) is 34.9 Å². The summed E-state index contributed by atoms with van der Waals surface area (Å²) in [6, 6.07) is 7.28. The van der Waals surface area contributed by atoms with Crippen molar-refractivity contribution in [2.75, 3.05) is 13.2 Å². The molecular weight excluding hydrogens is 228 g/mol. The molecule has 2 aromatic rings. The summed E-state index contributed by atoms with van der Waals surface area (Å²) in [5.41, 5.74) is 0.816. The lowest BCUT2D eigenvalue weighted by atomic mass is 10.1. The minimum Gasteiger partial charge on any atom is -0.486 e. The van der Waals surface area contributed by atoms with Gasteiger partial charge >= 0.3 is 0 Å². The summed E-state index contributed by atoms with van der Waals surface area (Å²) in [5.74, 6) is 2.12. The van der Waals surface area contributed by atoms with Crippen LogP contribution >= 0.6 is 11.6 Å². The predicted octanol–water partition coefficient (Wildman–Crippen LogP) is 3.37. The second-order valence-corrected chi connectivity index (χ2v) is 3.86. The minimum absolute atomic E-state index is 0.559. The summed E-state index contributed by atoms with van der Waals surface area (Å²) in [6.45, 7) is 1.12. The maximum atomic E-state index is 6.16. The molecular formula is C12H9ClO3. The largest absolute Gasteiger partial charge is 0.486 e. The zero-order valence-electron chi connectivity index (χ0n) is 8.40. The summed E-state index contributed by atoms with van der Waals surface area (Å²) >= 11 is 6.16. The monoisotopic (exact) mass is 236 g/mol. The Hall–Kier alpha value is -1.61. The molecule has 0 saturated carbocycles. The average molecular weight is 237 g/mol. The van der Waals surface area contributed by atoms with Crippen molar-refractivity contribution in [3.8, 4) is 22.8 Å². The Morgan fingerprint density at radius 1 is 1.06 bits per heavy atom. The Morgan fingerprint density at radius 3 is 2.50 bits per heavy atom. The van der Waals surface area contributed by atoms with Crippen molar-refractivity contribution in [1.29, 1.82) is 0 Å². The molecule has 0 aliphatic carbocycles. The third-order valence-electron chi connectivity index (χ3n) is 2.42. The van der Waals surface area contributed by atoms with Crippen LogP contribution in [0.4, 0.5) is 0 Å². The average Bonchev–Trinajstić information content (AvgIpc) is 2.81. The highest BCUT2D eigenvalue weighted by Crippen LogP contribution is 2.39. The van der Waals surface area contributed by atoms with Crippen molar-refractivity contribution in [1.82, 2.24) is 0 Å². The van der Waals surface area contributed by atoms with E-state index in [0.717, 1.165) is 11.3 Å². The van der Waals surface area contributed by atoms with Gasteiger partial charge in [-0.1, -0.05) is 11.6 Å². The van der Waals surface area contributed by atoms with Crippen LogP contribution in [0.5, 0.6) is 11.5 Å². The Labute approximate surface area is 97.5 Å². The molecule has 0 unspecified atom stereocenters. The zero-order valence-corrected chi connectivity index (χ0v) is 9.16. The number of ether oxygens (including phenoxy) is 2. The number of furan rings is 1. The van der Waals surface area contributed by atoms with Gasteiger partial charge in [-0.3, -0.25) is 0 Å². The summed E-state index contributed by atoms with van der Waals surface area (Å²) in [6.07, 6.45) is 1.61. The summed E-state index contributed by atoms with van der Waals surface area (Å²) in [4.78, 5) is 0. The molecule has 1 aliphatic rings. The maximum Gasteiger partial charge on any atom is 0.162 e. The van der Waals surface area contributed by atoms with Gasteiger partial charge in [0.2, 0.25) is 0 Å². The molecule has 2 heterocycles. The fourth-order valence-corrected chi connectivity index (χ4v) is 1.93. The SMILES string of the molecule is Clc1cc2c(cc1-c1ccco1)OCCO2. The van der Waals surface area contributed by atoms with E-state index in [1.165, 1.54) is 0 Å². The molecule has 1 aliphatic heterocycles. The Kier molecular flexibility index (Phi) is 2.26. The smallest absolute Gasteiger partial charge is 0.162 e. The highest BCUT2D eigenvalue weighted by atomic mass is 35.5. The van der Waals surface area contributed by atoms with Crippen molar-refractivity contribution in [3.05, 3.63) is 35.6 Å². The molecule has 0 amide bonds. The number of benzene rings is 1. The third kappa shape index (κ3) is 1.53. The van der Waals surface area contributed by atoms with Gasteiger partial charge in [-0.25, -0.2) is 0 Å². The number of fused-ring (bicyclic) bond motifs is 1. The van der Waals surface area contributed by atoms with Gasteiger partial charge in [0.1, 0.15) is 19.0 Å². The van der Waals surface area contributed by atoms with E-state index in [0.29, 0.717) is 29.7 Å². The van der Waals surface area contributed by atoms with Crippen molar-refractivity contribution >= 4 is 11.6 Å². The van der Waals surface area contributed by atoms with Gasteiger partial charge in [-0.05, 0) is 18.2 Å². The number of hydrogen-bond donors (Lipinski definition) is 0. The van der Waals surface area contributed by atoms with Crippen LogP contribution in [0, 0.1) is 0 Å². The van der Waals surface area contributed by atoms with E-state index in [1.807, 2.05) is 18.2 Å². The van der Waals surface area contributed by atoms with Crippen LogP contribution in [-0.4, -0.2) is 13.2 Å². The molecule has 16 heavy (non-hydrogen) atoms. The Morgan fingerprint density at radius 2 is 1.81 bits per heavy atom. The minimum atomic E-state index is 0.559. The molecule has 0 fully saturated rings. The molecule has 0 N–H and O–H groups in total. The Balaban J connectivity index is 2.12. The van der Waals surface area contributed by atoms with Gasteiger partial charge in [0, 0.05) is 11.6 Å². The van der Waals surface area contributed by atoms with Gasteiger partial charge in [0.05, 0.1) is 11.3 Å². The van der Waals surface area contributed by atoms with Crippen LogP contribution in [0.3, 0.4) is 0 Å². The van der Waals surface area contributed by atoms with E-state index in [9.17, 15) is 0 Å². The molecule has 82 valence electrons. The van der Waals surface area contributed by atoms with Crippen LogP contribution in [0.25, 0.3) is 11.3 Å². The molecule has 0 spiro atoms. The van der Waals surface area contributed by atoms with Gasteiger partial charge in [-0.2, -0.15) is 0 Å². The topological polar surface area (TPSA) is 31.6 Å². The van der Waals surface area contributed by atoms with Crippen molar-refractivity contribution in [2.45, 2.75) is 0 Å². The van der Waals surface area contributed by atoms with Gasteiger partial charge in [0.15, 0.2) is 11.5 Å². The standard InChI is InChI=1S/C12H9ClO3/c13-9-7-12-11(15-4-5-16-12)6-8(9)10-2-1-3-14-10/h1-3,6-7H,4-5H2. The first-order valence-corrected chi connectivity index (χ1v) is 5.35. The number of hydrogen-bond acceptors (Lipinski definition) is 3. The quantitative estimate of drug-likeness (QED) is 0.761. The first kappa shape index (κ1) is 9.60. The van der Waals surface area contributed by atoms with Gasteiger partial charge < -0.3 is 13.9 Å². The van der Waals surface area contributed by atoms with E-state index in [2.05, 4.69) is 0 Å².